The average molecular weight is 251 g/mol. The molecule has 1 atom stereocenters. The first-order valence-electron chi connectivity index (χ1n) is 6.45. The molecule has 3 nitrogen and oxygen atoms in total. The monoisotopic (exact) mass is 251 g/mol. The lowest BCUT2D eigenvalue weighted by Gasteiger charge is -2.10. The minimum atomic E-state index is -0.346. The SMILES string of the molecule is CC(C)Cc1ccc(C(C#N)c2cnccn2)cc1. The topological polar surface area (TPSA) is 49.6 Å². The van der Waals surface area contributed by atoms with Gasteiger partial charge < -0.3 is 0 Å². The van der Waals surface area contributed by atoms with Crippen LogP contribution in [0.5, 0.6) is 0 Å². The maximum Gasteiger partial charge on any atom is 0.115 e. The minimum absolute atomic E-state index is 0.346. The molecule has 0 saturated heterocycles. The summed E-state index contributed by atoms with van der Waals surface area (Å²) in [7, 11) is 0. The Morgan fingerprint density at radius 2 is 1.89 bits per heavy atom. The van der Waals surface area contributed by atoms with Crippen molar-refractivity contribution in [2.75, 3.05) is 0 Å². The molecule has 0 saturated carbocycles. The summed E-state index contributed by atoms with van der Waals surface area (Å²) in [6.07, 6.45) is 5.94. The van der Waals surface area contributed by atoms with Crippen LogP contribution in [-0.4, -0.2) is 9.97 Å². The zero-order valence-corrected chi connectivity index (χ0v) is 11.2. The Morgan fingerprint density at radius 3 is 2.42 bits per heavy atom. The number of hydrogen-bond acceptors (Lipinski definition) is 3. The number of nitrogens with zero attached hydrogens (tertiary/aromatic N) is 3. The number of hydrogen-bond donors (Lipinski definition) is 0. The number of aromatic nitrogens is 2. The summed E-state index contributed by atoms with van der Waals surface area (Å²) in [4.78, 5) is 8.23. The molecule has 3 heteroatoms. The maximum atomic E-state index is 9.33. The third-order valence-electron chi connectivity index (χ3n) is 2.97. The van der Waals surface area contributed by atoms with E-state index >= 15 is 0 Å². The average Bonchev–Trinajstić information content (AvgIpc) is 2.42. The van der Waals surface area contributed by atoms with Crippen LogP contribution in [0.4, 0.5) is 0 Å². The van der Waals surface area contributed by atoms with E-state index < -0.39 is 0 Å². The van der Waals surface area contributed by atoms with Gasteiger partial charge in [0, 0.05) is 12.4 Å². The smallest absolute Gasteiger partial charge is 0.115 e. The molecule has 0 bridgehead atoms. The summed E-state index contributed by atoms with van der Waals surface area (Å²) in [6, 6.07) is 10.5. The maximum absolute atomic E-state index is 9.33. The first-order valence-corrected chi connectivity index (χ1v) is 6.45. The first kappa shape index (κ1) is 13.2. The summed E-state index contributed by atoms with van der Waals surface area (Å²) in [5.41, 5.74) is 2.96. The van der Waals surface area contributed by atoms with Gasteiger partial charge in [0.05, 0.1) is 18.0 Å². The molecule has 96 valence electrons. The van der Waals surface area contributed by atoms with Crippen LogP contribution in [0.2, 0.25) is 0 Å². The van der Waals surface area contributed by atoms with E-state index in [2.05, 4.69) is 42.0 Å². The van der Waals surface area contributed by atoms with E-state index in [1.165, 1.54) is 5.56 Å². The van der Waals surface area contributed by atoms with Crippen molar-refractivity contribution in [2.24, 2.45) is 5.92 Å². The molecule has 0 amide bonds. The van der Waals surface area contributed by atoms with E-state index in [4.69, 9.17) is 0 Å². The summed E-state index contributed by atoms with van der Waals surface area (Å²) >= 11 is 0. The van der Waals surface area contributed by atoms with Gasteiger partial charge in [-0.1, -0.05) is 38.1 Å². The largest absolute Gasteiger partial charge is 0.261 e. The van der Waals surface area contributed by atoms with Crippen molar-refractivity contribution in [3.63, 3.8) is 0 Å². The summed E-state index contributed by atoms with van der Waals surface area (Å²) < 4.78 is 0. The van der Waals surface area contributed by atoms with Crippen molar-refractivity contribution in [2.45, 2.75) is 26.2 Å². The summed E-state index contributed by atoms with van der Waals surface area (Å²) in [6.45, 7) is 4.40. The Labute approximate surface area is 114 Å². The highest BCUT2D eigenvalue weighted by molar-refractivity contribution is 5.35. The molecule has 0 aliphatic rings. The quantitative estimate of drug-likeness (QED) is 0.837. The minimum Gasteiger partial charge on any atom is -0.261 e. The molecule has 1 unspecified atom stereocenters. The predicted octanol–water partition coefficient (Wildman–Crippen LogP) is 3.33. The zero-order valence-electron chi connectivity index (χ0n) is 11.2. The fraction of sp³-hybridized carbons (Fsp3) is 0.312. The molecule has 2 aromatic rings. The van der Waals surface area contributed by atoms with Gasteiger partial charge in [-0.25, -0.2) is 0 Å². The van der Waals surface area contributed by atoms with Crippen LogP contribution < -0.4 is 0 Å². The summed E-state index contributed by atoms with van der Waals surface area (Å²) in [5, 5.41) is 9.33. The standard InChI is InChI=1S/C16H17N3/c1-12(2)9-13-3-5-14(6-4-13)15(10-17)16-11-18-7-8-19-16/h3-8,11-12,15H,9H2,1-2H3. The second-order valence-corrected chi connectivity index (χ2v) is 5.03. The van der Waals surface area contributed by atoms with Crippen molar-refractivity contribution >= 4 is 0 Å². The van der Waals surface area contributed by atoms with Crippen LogP contribution in [-0.2, 0) is 6.42 Å². The van der Waals surface area contributed by atoms with Crippen LogP contribution >= 0.6 is 0 Å². The molecule has 0 aliphatic carbocycles. The van der Waals surface area contributed by atoms with Crippen LogP contribution in [0, 0.1) is 17.2 Å². The number of nitriles is 1. The second-order valence-electron chi connectivity index (χ2n) is 5.03. The van der Waals surface area contributed by atoms with E-state index in [0.717, 1.165) is 12.0 Å². The normalized spacial score (nSPS) is 12.1. The van der Waals surface area contributed by atoms with Gasteiger partial charge in [-0.2, -0.15) is 5.26 Å². The lowest BCUT2D eigenvalue weighted by atomic mass is 9.94. The van der Waals surface area contributed by atoms with Crippen molar-refractivity contribution in [1.29, 1.82) is 5.26 Å². The highest BCUT2D eigenvalue weighted by Gasteiger charge is 2.14. The second kappa shape index (κ2) is 6.10. The molecular weight excluding hydrogens is 234 g/mol. The predicted molar refractivity (Wildman–Crippen MR) is 74.5 cm³/mol. The third-order valence-corrected chi connectivity index (χ3v) is 2.97. The Morgan fingerprint density at radius 1 is 1.16 bits per heavy atom. The molecule has 1 aromatic heterocycles. The molecule has 1 aromatic carbocycles. The van der Waals surface area contributed by atoms with Gasteiger partial charge in [-0.3, -0.25) is 9.97 Å². The molecule has 0 radical (unpaired) electrons. The van der Waals surface area contributed by atoms with Crippen molar-refractivity contribution < 1.29 is 0 Å². The van der Waals surface area contributed by atoms with Gasteiger partial charge in [0.25, 0.3) is 0 Å². The lowest BCUT2D eigenvalue weighted by molar-refractivity contribution is 0.647. The molecule has 0 aliphatic heterocycles. The molecule has 1 heterocycles. The molecule has 0 fully saturated rings. The van der Waals surface area contributed by atoms with Gasteiger partial charge in [-0.15, -0.1) is 0 Å². The lowest BCUT2D eigenvalue weighted by Crippen LogP contribution is -2.02. The Balaban J connectivity index is 2.23. The van der Waals surface area contributed by atoms with Gasteiger partial charge in [0.2, 0.25) is 0 Å². The molecule has 0 spiro atoms. The highest BCUT2D eigenvalue weighted by Crippen LogP contribution is 2.22. The third kappa shape index (κ3) is 3.38. The van der Waals surface area contributed by atoms with Crippen LogP contribution in [0.25, 0.3) is 0 Å². The fourth-order valence-electron chi connectivity index (χ4n) is 2.09. The Hall–Kier alpha value is -2.21. The highest BCUT2D eigenvalue weighted by atomic mass is 14.8. The van der Waals surface area contributed by atoms with E-state index in [0.29, 0.717) is 11.6 Å². The van der Waals surface area contributed by atoms with Crippen molar-refractivity contribution in [3.8, 4) is 6.07 Å². The van der Waals surface area contributed by atoms with Crippen LogP contribution in [0.1, 0.15) is 36.6 Å². The molecule has 19 heavy (non-hydrogen) atoms. The van der Waals surface area contributed by atoms with E-state index in [1.807, 2.05) is 12.1 Å². The molecular formula is C16H17N3. The van der Waals surface area contributed by atoms with Crippen LogP contribution in [0.3, 0.4) is 0 Å². The first-order chi connectivity index (χ1) is 9.20. The summed E-state index contributed by atoms with van der Waals surface area (Å²) in [5.74, 6) is 0.291. The van der Waals surface area contributed by atoms with Gasteiger partial charge in [0.1, 0.15) is 5.92 Å². The fourth-order valence-corrected chi connectivity index (χ4v) is 2.09. The van der Waals surface area contributed by atoms with E-state index in [1.54, 1.807) is 18.6 Å². The number of benzene rings is 1. The van der Waals surface area contributed by atoms with E-state index in [9.17, 15) is 5.26 Å². The van der Waals surface area contributed by atoms with Gasteiger partial charge in [0.15, 0.2) is 0 Å². The Bertz CT molecular complexity index is 553. The zero-order chi connectivity index (χ0) is 13.7. The van der Waals surface area contributed by atoms with E-state index in [-0.39, 0.29) is 5.92 Å². The molecule has 2 rings (SSSR count). The van der Waals surface area contributed by atoms with Gasteiger partial charge >= 0.3 is 0 Å². The van der Waals surface area contributed by atoms with Crippen molar-refractivity contribution in [1.82, 2.24) is 9.97 Å². The number of rotatable bonds is 4. The molecule has 0 N–H and O–H groups in total. The van der Waals surface area contributed by atoms with Crippen LogP contribution in [0.15, 0.2) is 42.9 Å². The van der Waals surface area contributed by atoms with Gasteiger partial charge in [-0.05, 0) is 23.5 Å². The Kier molecular flexibility index (Phi) is 4.25. The van der Waals surface area contributed by atoms with Crippen molar-refractivity contribution in [3.05, 3.63) is 59.7 Å².